The molecule has 5 fully saturated rings. The lowest BCUT2D eigenvalue weighted by Crippen LogP contribution is -2.65. The number of alkyl carbamates (subject to hydrolysis) is 1. The monoisotopic (exact) mass is 645 g/mol. The smallest absolute Gasteiger partial charge is 0.445 e. The fourth-order valence-electron chi connectivity index (χ4n) is 8.33. The van der Waals surface area contributed by atoms with Gasteiger partial charge in [-0.3, -0.25) is 9.59 Å². The van der Waals surface area contributed by atoms with Crippen molar-refractivity contribution in [2.75, 3.05) is 20.3 Å². The van der Waals surface area contributed by atoms with Gasteiger partial charge in [0.1, 0.15) is 18.7 Å². The Morgan fingerprint density at radius 3 is 2.38 bits per heavy atom. The predicted octanol–water partition coefficient (Wildman–Crippen LogP) is 4.30. The summed E-state index contributed by atoms with van der Waals surface area (Å²) < 4.78 is 24.1. The molecule has 2 N–H and O–H groups in total. The summed E-state index contributed by atoms with van der Waals surface area (Å²) in [5.74, 6) is 0.0170. The fraction of sp³-hybridized carbons (Fsp3) is 0.583. The van der Waals surface area contributed by atoms with Crippen molar-refractivity contribution in [1.29, 1.82) is 0 Å². The van der Waals surface area contributed by atoms with Crippen molar-refractivity contribution in [2.45, 2.75) is 95.6 Å². The number of carbonyl (C=O) groups is 3. The zero-order chi connectivity index (χ0) is 33.2. The van der Waals surface area contributed by atoms with E-state index in [1.54, 1.807) is 12.0 Å². The average Bonchev–Trinajstić information content (AvgIpc) is 3.70. The summed E-state index contributed by atoms with van der Waals surface area (Å²) in [6, 6.07) is 17.3. The number of nitrogens with zero attached hydrogens (tertiary/aromatic N) is 1. The van der Waals surface area contributed by atoms with E-state index in [9.17, 15) is 14.4 Å². The molecule has 2 aromatic rings. The third-order valence-corrected chi connectivity index (χ3v) is 11.2. The van der Waals surface area contributed by atoms with E-state index in [2.05, 4.69) is 31.4 Å². The van der Waals surface area contributed by atoms with E-state index in [0.29, 0.717) is 44.2 Å². The SMILES string of the molecule is COCCC(NC(=O)[C@@H]1CCCN1C(=O)[C@@H](Cc1ccccc1)NC(=O)OCc1ccccc1)B1O[C@@H]2C[C@@H]3C[C@@H](C3(C)C)[C@]2(C)O1. The van der Waals surface area contributed by atoms with Crippen LogP contribution in [0, 0.1) is 17.3 Å². The maximum absolute atomic E-state index is 14.1. The van der Waals surface area contributed by atoms with Gasteiger partial charge < -0.3 is 34.3 Å². The molecule has 47 heavy (non-hydrogen) atoms. The van der Waals surface area contributed by atoms with Crippen LogP contribution in [0.3, 0.4) is 0 Å². The number of carbonyl (C=O) groups excluding carboxylic acids is 3. The van der Waals surface area contributed by atoms with E-state index in [-0.39, 0.29) is 36.4 Å². The lowest BCUT2D eigenvalue weighted by Gasteiger charge is -2.64. The molecule has 10 nitrogen and oxygen atoms in total. The van der Waals surface area contributed by atoms with E-state index in [1.165, 1.54) is 0 Å². The van der Waals surface area contributed by atoms with Gasteiger partial charge in [0.2, 0.25) is 11.8 Å². The fourth-order valence-corrected chi connectivity index (χ4v) is 8.33. The van der Waals surface area contributed by atoms with Crippen LogP contribution in [0.4, 0.5) is 4.79 Å². The number of ether oxygens (including phenoxy) is 2. The van der Waals surface area contributed by atoms with Crippen molar-refractivity contribution in [2.24, 2.45) is 17.3 Å². The first-order valence-electron chi connectivity index (χ1n) is 17.0. The third kappa shape index (κ3) is 6.94. The molecule has 3 aliphatic carbocycles. The summed E-state index contributed by atoms with van der Waals surface area (Å²) in [4.78, 5) is 42.6. The second-order valence-electron chi connectivity index (χ2n) is 14.4. The van der Waals surface area contributed by atoms with Crippen LogP contribution in [-0.4, -0.2) is 79.9 Å². The van der Waals surface area contributed by atoms with Crippen LogP contribution in [0.1, 0.15) is 64.0 Å². The maximum atomic E-state index is 14.1. The Balaban J connectivity index is 1.13. The lowest BCUT2D eigenvalue weighted by atomic mass is 9.43. The van der Waals surface area contributed by atoms with E-state index in [0.717, 1.165) is 24.0 Å². The molecule has 7 atom stereocenters. The molecule has 3 saturated carbocycles. The van der Waals surface area contributed by atoms with Crippen LogP contribution in [0.2, 0.25) is 0 Å². The number of amides is 3. The summed E-state index contributed by atoms with van der Waals surface area (Å²) in [6.07, 6.45) is 3.38. The highest BCUT2D eigenvalue weighted by molar-refractivity contribution is 6.48. The topological polar surface area (TPSA) is 115 Å². The molecule has 5 aliphatic rings. The van der Waals surface area contributed by atoms with Gasteiger partial charge >= 0.3 is 13.2 Å². The summed E-state index contributed by atoms with van der Waals surface area (Å²) in [6.45, 7) is 7.73. The molecule has 2 aliphatic heterocycles. The molecule has 3 amide bonds. The molecule has 11 heteroatoms. The number of hydrogen-bond donors (Lipinski definition) is 2. The zero-order valence-corrected chi connectivity index (χ0v) is 28.0. The Morgan fingerprint density at radius 1 is 1.00 bits per heavy atom. The first-order chi connectivity index (χ1) is 22.6. The average molecular weight is 646 g/mol. The standard InChI is InChI=1S/C36H48BN3O7/c1-35(2)26-21-29(35)36(3)30(22-26)46-37(47-36)31(17-19-44-4)39-32(41)28-16-11-18-40(28)33(42)27(20-24-12-7-5-8-13-24)38-34(43)45-23-25-14-9-6-10-15-25/h5-10,12-15,26-31H,11,16-23H2,1-4H3,(H,38,43)(H,39,41)/t26-,27+,28-,29-,30+,31?,36-/m0/s1. The van der Waals surface area contributed by atoms with E-state index in [4.69, 9.17) is 18.8 Å². The second-order valence-corrected chi connectivity index (χ2v) is 14.4. The van der Waals surface area contributed by atoms with Crippen LogP contribution in [0.25, 0.3) is 0 Å². The molecule has 0 spiro atoms. The highest BCUT2D eigenvalue weighted by atomic mass is 16.7. The minimum Gasteiger partial charge on any atom is -0.445 e. The number of rotatable bonds is 12. The van der Waals surface area contributed by atoms with Gasteiger partial charge in [0.15, 0.2) is 0 Å². The number of likely N-dealkylation sites (tertiary alicyclic amines) is 1. The highest BCUT2D eigenvalue weighted by Crippen LogP contribution is 2.65. The number of nitrogens with one attached hydrogen (secondary N) is 2. The number of hydrogen-bond acceptors (Lipinski definition) is 7. The van der Waals surface area contributed by atoms with Crippen molar-refractivity contribution in [1.82, 2.24) is 15.5 Å². The van der Waals surface area contributed by atoms with E-state index >= 15 is 0 Å². The molecular weight excluding hydrogens is 597 g/mol. The molecule has 252 valence electrons. The van der Waals surface area contributed by atoms with Gasteiger partial charge in [-0.15, -0.1) is 0 Å². The van der Waals surface area contributed by atoms with E-state index in [1.807, 2.05) is 60.7 Å². The predicted molar refractivity (Wildman–Crippen MR) is 177 cm³/mol. The van der Waals surface area contributed by atoms with Gasteiger partial charge in [0, 0.05) is 26.7 Å². The Hall–Kier alpha value is -3.41. The van der Waals surface area contributed by atoms with Crippen LogP contribution < -0.4 is 10.6 Å². The van der Waals surface area contributed by atoms with Gasteiger partial charge in [-0.2, -0.15) is 0 Å². The Labute approximate surface area is 278 Å². The summed E-state index contributed by atoms with van der Waals surface area (Å²) >= 11 is 0. The van der Waals surface area contributed by atoms with Gasteiger partial charge in [0.05, 0.1) is 17.6 Å². The van der Waals surface area contributed by atoms with Gasteiger partial charge in [-0.1, -0.05) is 74.5 Å². The molecule has 0 radical (unpaired) electrons. The van der Waals surface area contributed by atoms with Crippen molar-refractivity contribution in [3.63, 3.8) is 0 Å². The van der Waals surface area contributed by atoms with Crippen molar-refractivity contribution < 1.29 is 33.2 Å². The Bertz CT molecular complexity index is 1410. The van der Waals surface area contributed by atoms with E-state index < -0.39 is 36.8 Å². The Kier molecular flexibility index (Phi) is 9.97. The lowest BCUT2D eigenvalue weighted by molar-refractivity contribution is -0.199. The summed E-state index contributed by atoms with van der Waals surface area (Å²) in [5.41, 5.74) is 1.54. The molecule has 2 heterocycles. The first kappa shape index (κ1) is 33.5. The Morgan fingerprint density at radius 2 is 1.70 bits per heavy atom. The van der Waals surface area contributed by atoms with Crippen LogP contribution in [0.5, 0.6) is 0 Å². The minimum absolute atomic E-state index is 0.0118. The van der Waals surface area contributed by atoms with Crippen LogP contribution in [0.15, 0.2) is 60.7 Å². The maximum Gasteiger partial charge on any atom is 0.481 e. The number of benzene rings is 2. The third-order valence-electron chi connectivity index (χ3n) is 11.2. The van der Waals surface area contributed by atoms with Crippen molar-refractivity contribution >= 4 is 25.0 Å². The molecule has 7 rings (SSSR count). The first-order valence-corrected chi connectivity index (χ1v) is 17.0. The quantitative estimate of drug-likeness (QED) is 0.331. The highest BCUT2D eigenvalue weighted by Gasteiger charge is 2.68. The molecular formula is C36H48BN3O7. The van der Waals surface area contributed by atoms with Gasteiger partial charge in [-0.25, -0.2) is 4.79 Å². The largest absolute Gasteiger partial charge is 0.481 e. The molecule has 2 saturated heterocycles. The number of methoxy groups -OCH3 is 1. The zero-order valence-electron chi connectivity index (χ0n) is 28.0. The van der Waals surface area contributed by atoms with Crippen LogP contribution in [-0.2, 0) is 41.4 Å². The minimum atomic E-state index is -0.905. The normalized spacial score (nSPS) is 28.5. The van der Waals surface area contributed by atoms with Crippen molar-refractivity contribution in [3.8, 4) is 0 Å². The van der Waals surface area contributed by atoms with Crippen LogP contribution >= 0.6 is 0 Å². The summed E-state index contributed by atoms with van der Waals surface area (Å²) in [7, 11) is 1.03. The van der Waals surface area contributed by atoms with Crippen molar-refractivity contribution in [3.05, 3.63) is 71.8 Å². The molecule has 1 unspecified atom stereocenters. The van der Waals surface area contributed by atoms with Gasteiger partial charge in [-0.05, 0) is 67.4 Å². The molecule has 2 bridgehead atoms. The van der Waals surface area contributed by atoms with Gasteiger partial charge in [0.25, 0.3) is 0 Å². The summed E-state index contributed by atoms with van der Waals surface area (Å²) in [5, 5.41) is 5.98. The second kappa shape index (κ2) is 14.0. The molecule has 0 aromatic heterocycles. The molecule has 2 aromatic carbocycles.